The molecule has 1 aromatic rings. The minimum Gasteiger partial charge on any atom is -0.481 e. The second-order valence-electron chi connectivity index (χ2n) is 5.92. The third kappa shape index (κ3) is 4.46. The number of carboxylic acid groups (broad SMARTS) is 1. The number of carboxylic acids is 1. The van der Waals surface area contributed by atoms with Crippen molar-refractivity contribution < 1.29 is 32.3 Å². The number of hydrogen-bond donors (Lipinski definition) is 2. The van der Waals surface area contributed by atoms with Gasteiger partial charge in [0, 0.05) is 12.5 Å². The van der Waals surface area contributed by atoms with Crippen molar-refractivity contribution in [1.29, 1.82) is 0 Å². The molecule has 0 saturated heterocycles. The van der Waals surface area contributed by atoms with Crippen molar-refractivity contribution >= 4 is 11.9 Å². The van der Waals surface area contributed by atoms with Crippen LogP contribution < -0.4 is 5.32 Å². The van der Waals surface area contributed by atoms with Crippen LogP contribution in [-0.2, 0) is 22.3 Å². The highest BCUT2D eigenvalue weighted by molar-refractivity contribution is 5.80. The molecule has 0 radical (unpaired) electrons. The van der Waals surface area contributed by atoms with E-state index in [-0.39, 0.29) is 18.5 Å². The fraction of sp³-hybridized carbons (Fsp3) is 0.500. The molecule has 2 atom stereocenters. The molecule has 2 N–H and O–H groups in total. The van der Waals surface area contributed by atoms with Gasteiger partial charge in [0.15, 0.2) is 0 Å². The summed E-state index contributed by atoms with van der Waals surface area (Å²) in [6.45, 7) is -0.387. The van der Waals surface area contributed by atoms with E-state index in [4.69, 9.17) is 5.11 Å². The van der Waals surface area contributed by atoms with Gasteiger partial charge in [0.05, 0.1) is 11.5 Å². The van der Waals surface area contributed by atoms with E-state index in [1.807, 2.05) is 0 Å². The van der Waals surface area contributed by atoms with Crippen LogP contribution in [0.25, 0.3) is 0 Å². The number of alkyl halides is 3. The number of amides is 1. The van der Waals surface area contributed by atoms with Crippen molar-refractivity contribution in [2.75, 3.05) is 0 Å². The van der Waals surface area contributed by atoms with Crippen LogP contribution >= 0.6 is 0 Å². The zero-order chi connectivity index (χ0) is 17.9. The molecule has 0 spiro atoms. The summed E-state index contributed by atoms with van der Waals surface area (Å²) in [4.78, 5) is 23.1. The normalized spacial score (nSPS) is 21.3. The van der Waals surface area contributed by atoms with Crippen LogP contribution in [0.5, 0.6) is 0 Å². The fourth-order valence-corrected chi connectivity index (χ4v) is 2.95. The largest absolute Gasteiger partial charge is 0.481 e. The molecular formula is C16H17F4NO3. The maximum Gasteiger partial charge on any atom is 0.416 e. The molecule has 2 unspecified atom stereocenters. The number of benzene rings is 1. The lowest BCUT2D eigenvalue weighted by Gasteiger charge is -2.26. The summed E-state index contributed by atoms with van der Waals surface area (Å²) in [5.74, 6) is -3.58. The van der Waals surface area contributed by atoms with Crippen molar-refractivity contribution in [2.24, 2.45) is 11.8 Å². The van der Waals surface area contributed by atoms with E-state index in [2.05, 4.69) is 5.32 Å². The average Bonchev–Trinajstić information content (AvgIpc) is 2.52. The van der Waals surface area contributed by atoms with Crippen molar-refractivity contribution in [1.82, 2.24) is 5.32 Å². The highest BCUT2D eigenvalue weighted by atomic mass is 19.4. The fourth-order valence-electron chi connectivity index (χ4n) is 2.95. The van der Waals surface area contributed by atoms with Gasteiger partial charge in [-0.1, -0.05) is 12.5 Å². The van der Waals surface area contributed by atoms with E-state index < -0.39 is 41.3 Å². The number of hydrogen-bond acceptors (Lipinski definition) is 2. The molecule has 24 heavy (non-hydrogen) atoms. The Morgan fingerprint density at radius 1 is 1.21 bits per heavy atom. The first-order valence-corrected chi connectivity index (χ1v) is 7.54. The summed E-state index contributed by atoms with van der Waals surface area (Å²) < 4.78 is 51.8. The van der Waals surface area contributed by atoms with Gasteiger partial charge in [-0.25, -0.2) is 4.39 Å². The van der Waals surface area contributed by atoms with Crippen LogP contribution in [0, 0.1) is 17.7 Å². The summed E-state index contributed by atoms with van der Waals surface area (Å²) in [7, 11) is 0. The number of rotatable bonds is 4. The third-order valence-electron chi connectivity index (χ3n) is 4.22. The Morgan fingerprint density at radius 2 is 1.88 bits per heavy atom. The lowest BCUT2D eigenvalue weighted by atomic mass is 9.81. The predicted molar refractivity (Wildman–Crippen MR) is 76.3 cm³/mol. The number of aliphatic carboxylic acids is 1. The van der Waals surface area contributed by atoms with Gasteiger partial charge in [-0.05, 0) is 37.0 Å². The molecule has 0 heterocycles. The van der Waals surface area contributed by atoms with Crippen LogP contribution in [0.15, 0.2) is 18.2 Å². The van der Waals surface area contributed by atoms with Gasteiger partial charge in [0.25, 0.3) is 0 Å². The SMILES string of the molecule is O=C(O)C1CCCC(C(=O)NCc2ccc(F)cc2C(F)(F)F)C1. The monoisotopic (exact) mass is 347 g/mol. The van der Waals surface area contributed by atoms with E-state index in [0.717, 1.165) is 12.1 Å². The van der Waals surface area contributed by atoms with Gasteiger partial charge in [0.2, 0.25) is 5.91 Å². The lowest BCUT2D eigenvalue weighted by Crippen LogP contribution is -2.35. The van der Waals surface area contributed by atoms with Crippen molar-refractivity contribution in [3.63, 3.8) is 0 Å². The van der Waals surface area contributed by atoms with E-state index in [1.54, 1.807) is 0 Å². The first-order chi connectivity index (χ1) is 11.2. The Hall–Kier alpha value is -2.12. The molecule has 1 aromatic carbocycles. The van der Waals surface area contributed by atoms with Crippen molar-refractivity contribution in [3.05, 3.63) is 35.1 Å². The molecule has 1 amide bonds. The molecule has 8 heteroatoms. The predicted octanol–water partition coefficient (Wildman–Crippen LogP) is 3.35. The van der Waals surface area contributed by atoms with Crippen molar-refractivity contribution in [3.8, 4) is 0 Å². The van der Waals surface area contributed by atoms with Gasteiger partial charge < -0.3 is 10.4 Å². The molecule has 0 aromatic heterocycles. The highest BCUT2D eigenvalue weighted by Gasteiger charge is 2.34. The molecule has 132 valence electrons. The smallest absolute Gasteiger partial charge is 0.416 e. The maximum absolute atomic E-state index is 13.0. The van der Waals surface area contributed by atoms with E-state index >= 15 is 0 Å². The topological polar surface area (TPSA) is 66.4 Å². The summed E-state index contributed by atoms with van der Waals surface area (Å²) in [5.41, 5.74) is -1.36. The molecular weight excluding hydrogens is 330 g/mol. The Bertz CT molecular complexity index is 630. The maximum atomic E-state index is 13.0. The summed E-state index contributed by atoms with van der Waals surface area (Å²) in [5, 5.41) is 11.4. The van der Waals surface area contributed by atoms with E-state index in [0.29, 0.717) is 25.3 Å². The summed E-state index contributed by atoms with van der Waals surface area (Å²) in [6.07, 6.45) is -2.96. The second kappa shape index (κ2) is 7.19. The molecule has 0 bridgehead atoms. The van der Waals surface area contributed by atoms with Crippen LogP contribution in [0.3, 0.4) is 0 Å². The molecule has 4 nitrogen and oxygen atoms in total. The Labute approximate surface area is 135 Å². The minimum atomic E-state index is -4.72. The van der Waals surface area contributed by atoms with Gasteiger partial charge in [-0.3, -0.25) is 9.59 Å². The first kappa shape index (κ1) is 18.2. The summed E-state index contributed by atoms with van der Waals surface area (Å²) >= 11 is 0. The molecule has 1 aliphatic carbocycles. The Kier molecular flexibility index (Phi) is 5.46. The van der Waals surface area contributed by atoms with Crippen LogP contribution in [-0.4, -0.2) is 17.0 Å². The molecule has 0 aliphatic heterocycles. The Morgan fingerprint density at radius 3 is 2.50 bits per heavy atom. The number of halogens is 4. The van der Waals surface area contributed by atoms with Crippen LogP contribution in [0.4, 0.5) is 17.6 Å². The zero-order valence-corrected chi connectivity index (χ0v) is 12.7. The number of carbonyl (C=O) groups is 2. The molecule has 1 aliphatic rings. The van der Waals surface area contributed by atoms with Gasteiger partial charge >= 0.3 is 12.1 Å². The van der Waals surface area contributed by atoms with E-state index in [1.165, 1.54) is 0 Å². The van der Waals surface area contributed by atoms with Gasteiger partial charge in [-0.15, -0.1) is 0 Å². The van der Waals surface area contributed by atoms with Gasteiger partial charge in [-0.2, -0.15) is 13.2 Å². The summed E-state index contributed by atoms with van der Waals surface area (Å²) in [6, 6.07) is 2.28. The number of carbonyl (C=O) groups excluding carboxylic acids is 1. The second-order valence-corrected chi connectivity index (χ2v) is 5.92. The van der Waals surface area contributed by atoms with E-state index in [9.17, 15) is 27.2 Å². The first-order valence-electron chi connectivity index (χ1n) is 7.54. The van der Waals surface area contributed by atoms with Gasteiger partial charge in [0.1, 0.15) is 5.82 Å². The highest BCUT2D eigenvalue weighted by Crippen LogP contribution is 2.33. The van der Waals surface area contributed by atoms with Crippen molar-refractivity contribution in [2.45, 2.75) is 38.4 Å². The molecule has 1 saturated carbocycles. The van der Waals surface area contributed by atoms with Crippen LogP contribution in [0.2, 0.25) is 0 Å². The molecule has 2 rings (SSSR count). The average molecular weight is 347 g/mol. The number of nitrogens with one attached hydrogen (secondary N) is 1. The Balaban J connectivity index is 2.03. The molecule has 1 fully saturated rings. The van der Waals surface area contributed by atoms with Crippen LogP contribution in [0.1, 0.15) is 36.8 Å². The standard InChI is InChI=1S/C16H17F4NO3/c17-12-5-4-11(13(7-12)16(18,19)20)8-21-14(22)9-2-1-3-10(6-9)15(23)24/h4-5,7,9-10H,1-3,6,8H2,(H,21,22)(H,23,24). The quantitative estimate of drug-likeness (QED) is 0.821. The lowest BCUT2D eigenvalue weighted by molar-refractivity contribution is -0.144. The third-order valence-corrected chi connectivity index (χ3v) is 4.22. The minimum absolute atomic E-state index is 0.177. The zero-order valence-electron chi connectivity index (χ0n) is 12.7.